The van der Waals surface area contributed by atoms with Gasteiger partial charge in [0.05, 0.1) is 16.2 Å². The summed E-state index contributed by atoms with van der Waals surface area (Å²) in [6, 6.07) is 123. The van der Waals surface area contributed by atoms with Gasteiger partial charge in [-0.05, 0) is 225 Å². The summed E-state index contributed by atoms with van der Waals surface area (Å²) >= 11 is 0. The first-order chi connectivity index (χ1) is 53.9. The highest BCUT2D eigenvalue weighted by atomic mass is 16.5. The van der Waals surface area contributed by atoms with Gasteiger partial charge in [0.15, 0.2) is 0 Å². The van der Waals surface area contributed by atoms with Gasteiger partial charge in [-0.3, -0.25) is 0 Å². The number of hydrogen-bond acceptors (Lipinski definition) is 3. The lowest BCUT2D eigenvalue weighted by Crippen LogP contribution is -2.32. The number of hydrogen-bond donors (Lipinski definition) is 0. The Kier molecular flexibility index (Phi) is 17.7. The van der Waals surface area contributed by atoms with Gasteiger partial charge in [0.2, 0.25) is 0 Å². The van der Waals surface area contributed by atoms with Crippen molar-refractivity contribution in [3.05, 3.63) is 444 Å². The van der Waals surface area contributed by atoms with Crippen molar-refractivity contribution in [1.82, 2.24) is 0 Å². The van der Waals surface area contributed by atoms with E-state index in [9.17, 15) is 0 Å². The number of fused-ring (bicyclic) bond motifs is 9. The van der Waals surface area contributed by atoms with Gasteiger partial charge >= 0.3 is 0 Å². The molecule has 0 atom stereocenters. The highest BCUT2D eigenvalue weighted by molar-refractivity contribution is 5.92. The van der Waals surface area contributed by atoms with Crippen LogP contribution in [0.2, 0.25) is 0 Å². The van der Waals surface area contributed by atoms with E-state index in [0.717, 1.165) is 49.6 Å². The minimum atomic E-state index is -0.748. The molecule has 0 N–H and O–H groups in total. The first-order valence-corrected chi connectivity index (χ1v) is 37.5. The zero-order valence-corrected chi connectivity index (χ0v) is 61.1. The van der Waals surface area contributed by atoms with E-state index in [4.69, 9.17) is 14.2 Å². The predicted octanol–water partition coefficient (Wildman–Crippen LogP) is 24.1. The molecular weight excluding hydrogens is 1320 g/mol. The molecule has 518 valence electrons. The fourth-order valence-electron chi connectivity index (χ4n) is 17.8. The minimum absolute atomic E-state index is 0.234. The van der Waals surface area contributed by atoms with Crippen molar-refractivity contribution in [3.63, 3.8) is 0 Å². The van der Waals surface area contributed by atoms with Gasteiger partial charge in [-0.1, -0.05) is 327 Å². The summed E-state index contributed by atoms with van der Waals surface area (Å²) in [6.45, 7) is 6.54. The van der Waals surface area contributed by atoms with Crippen molar-refractivity contribution in [2.45, 2.75) is 42.9 Å². The van der Waals surface area contributed by atoms with Crippen LogP contribution in [0.4, 0.5) is 0 Å². The van der Waals surface area contributed by atoms with Crippen LogP contribution in [-0.2, 0) is 16.2 Å². The fraction of sp³-hybridized carbons (Fsp3) is 0.0943. The molecule has 3 heteroatoms. The van der Waals surface area contributed by atoms with Crippen LogP contribution in [0.1, 0.15) is 144 Å². The molecule has 0 aliphatic heterocycles. The molecule has 0 saturated carbocycles. The molecule has 0 fully saturated rings. The van der Waals surface area contributed by atoms with E-state index in [1.165, 1.54) is 117 Å². The Morgan fingerprint density at radius 2 is 0.440 bits per heavy atom. The second kappa shape index (κ2) is 28.7. The Morgan fingerprint density at radius 1 is 0.229 bits per heavy atom. The standard InChI is InChI=1S/C106H76O3/c1-4-7-64-107-94-61-49-82-67-91(58-46-85(82)70-94)104(97-28-16-10-22-73(97)34-35-74-23-11-17-29-98(74)104)88-52-40-79(41-53-88)103(80-42-54-89(55-43-80)105(92-59-47-86-71-95(108-65-8-5-2)62-50-83(86)68-92)99-30-18-12-24-75(99)36-37-76-25-13-19-31-100(76)105)81-44-56-90(57-45-81)106(93-60-48-87-72-96(109-66-9-6-3)63-51-84(87)69-93)101-32-20-14-26-77(101)38-39-78-27-15-21-33-102(78)106/h10-63,67-72,103H,64-66H2,1-3H3. The fourth-order valence-corrected chi connectivity index (χ4v) is 17.8. The Hall–Kier alpha value is -13.6. The van der Waals surface area contributed by atoms with Gasteiger partial charge in [0.25, 0.3) is 0 Å². The lowest BCUT2D eigenvalue weighted by molar-refractivity contribution is 0.370. The topological polar surface area (TPSA) is 27.7 Å². The van der Waals surface area contributed by atoms with E-state index in [-0.39, 0.29) is 5.92 Å². The Balaban J connectivity index is 0.843. The van der Waals surface area contributed by atoms with Gasteiger partial charge in [0, 0.05) is 5.92 Å². The van der Waals surface area contributed by atoms with Gasteiger partial charge < -0.3 is 14.2 Å². The monoisotopic (exact) mass is 1400 g/mol. The summed E-state index contributed by atoms with van der Waals surface area (Å²) in [6.07, 6.45) is 13.8. The molecular formula is C106H76O3. The minimum Gasteiger partial charge on any atom is -0.481 e. The highest BCUT2D eigenvalue weighted by Crippen LogP contribution is 2.55. The predicted molar refractivity (Wildman–Crippen MR) is 451 cm³/mol. The molecule has 0 saturated heterocycles. The van der Waals surface area contributed by atoms with Gasteiger partial charge in [-0.2, -0.15) is 0 Å². The van der Waals surface area contributed by atoms with Gasteiger partial charge in [0.1, 0.15) is 37.1 Å². The summed E-state index contributed by atoms with van der Waals surface area (Å²) in [5.41, 5.74) is 22.6. The first-order valence-electron chi connectivity index (χ1n) is 37.5. The Labute approximate surface area is 638 Å². The van der Waals surface area contributed by atoms with E-state index in [1.54, 1.807) is 0 Å². The average molecular weight is 1400 g/mol. The molecule has 0 aromatic heterocycles. The molecule has 109 heavy (non-hydrogen) atoms. The van der Waals surface area contributed by atoms with Crippen LogP contribution in [0.5, 0.6) is 17.2 Å². The molecule has 3 aliphatic carbocycles. The molecule has 18 rings (SSSR count). The summed E-state index contributed by atoms with van der Waals surface area (Å²) in [4.78, 5) is 0. The summed E-state index contributed by atoms with van der Waals surface area (Å²) in [5.74, 6) is 20.2. The van der Waals surface area contributed by atoms with Gasteiger partial charge in [-0.25, -0.2) is 0 Å². The van der Waals surface area contributed by atoms with Crippen LogP contribution in [0.25, 0.3) is 68.8 Å². The molecule has 0 bridgehead atoms. The van der Waals surface area contributed by atoms with Crippen molar-refractivity contribution in [3.8, 4) is 52.8 Å². The number of ether oxygens (including phenoxy) is 3. The van der Waals surface area contributed by atoms with Crippen molar-refractivity contribution in [2.75, 3.05) is 19.8 Å². The maximum atomic E-state index is 6.12. The molecule has 3 nitrogen and oxygen atoms in total. The first kappa shape index (κ1) is 67.3. The third-order valence-electron chi connectivity index (χ3n) is 22.7. The Bertz CT molecular complexity index is 5600. The highest BCUT2D eigenvalue weighted by Gasteiger charge is 2.46. The molecule has 0 heterocycles. The quantitative estimate of drug-likeness (QED) is 0.0756. The van der Waals surface area contributed by atoms with Crippen LogP contribution in [0.15, 0.2) is 328 Å². The second-order valence-electron chi connectivity index (χ2n) is 28.4. The maximum absolute atomic E-state index is 6.12. The second-order valence-corrected chi connectivity index (χ2v) is 28.4. The lowest BCUT2D eigenvalue weighted by Gasteiger charge is -2.39. The smallest absolute Gasteiger partial charge is 0.149 e. The van der Waals surface area contributed by atoms with Crippen LogP contribution in [-0.4, -0.2) is 19.8 Å². The van der Waals surface area contributed by atoms with Crippen LogP contribution >= 0.6 is 0 Å². The van der Waals surface area contributed by atoms with Crippen molar-refractivity contribution < 1.29 is 14.2 Å². The third kappa shape index (κ3) is 11.7. The van der Waals surface area contributed by atoms with Crippen LogP contribution in [0, 0.1) is 35.5 Å². The van der Waals surface area contributed by atoms with E-state index in [1.807, 2.05) is 20.8 Å². The number of benzene rings is 15. The van der Waals surface area contributed by atoms with Crippen molar-refractivity contribution in [1.29, 1.82) is 0 Å². The SMILES string of the molecule is CC#CCOc1ccc2cc(C3(c4ccc(C(c5ccc(C6(c7ccc8cc(OCC#CC)ccc8c7)c7ccccc7C=Cc7ccccc76)cc5)c5ccc(C6(c7ccc8cc(OCC#CC)ccc8c7)c7ccccc7C=Cc7ccccc76)cc5)cc4)c4ccccc4C=Cc4ccccc43)ccc2c1. The number of rotatable bonds is 15. The summed E-state index contributed by atoms with van der Waals surface area (Å²) < 4.78 is 18.4. The van der Waals surface area contributed by atoms with E-state index < -0.39 is 16.2 Å². The molecule has 0 spiro atoms. The molecule has 15 aromatic carbocycles. The van der Waals surface area contributed by atoms with Crippen molar-refractivity contribution >= 4 is 68.8 Å². The van der Waals surface area contributed by atoms with E-state index >= 15 is 0 Å². The largest absolute Gasteiger partial charge is 0.481 e. The van der Waals surface area contributed by atoms with Crippen LogP contribution < -0.4 is 14.2 Å². The molecule has 0 amide bonds. The van der Waals surface area contributed by atoms with Gasteiger partial charge in [-0.15, -0.1) is 17.8 Å². The molecule has 0 unspecified atom stereocenters. The lowest BCUT2D eigenvalue weighted by atomic mass is 9.62. The van der Waals surface area contributed by atoms with Crippen LogP contribution in [0.3, 0.4) is 0 Å². The average Bonchev–Trinajstić information content (AvgIpc) is 1.71. The van der Waals surface area contributed by atoms with E-state index in [2.05, 4.69) is 400 Å². The maximum Gasteiger partial charge on any atom is 0.149 e. The summed E-state index contributed by atoms with van der Waals surface area (Å²) in [7, 11) is 0. The zero-order valence-electron chi connectivity index (χ0n) is 61.1. The zero-order chi connectivity index (χ0) is 73.3. The normalized spacial score (nSPS) is 13.5. The Morgan fingerprint density at radius 3 is 0.679 bits per heavy atom. The molecule has 15 aromatic rings. The van der Waals surface area contributed by atoms with E-state index in [0.29, 0.717) is 19.8 Å². The third-order valence-corrected chi connectivity index (χ3v) is 22.7. The molecule has 0 radical (unpaired) electrons. The van der Waals surface area contributed by atoms with Crippen molar-refractivity contribution in [2.24, 2.45) is 0 Å². The summed E-state index contributed by atoms with van der Waals surface area (Å²) in [5, 5.41) is 6.67. The molecule has 3 aliphatic rings.